The molecule has 0 aromatic heterocycles. The lowest BCUT2D eigenvalue weighted by atomic mass is 9.73. The molecule has 4 heteroatoms. The standard InChI is InChI=1S/C18H26BNO2/c1-12-10-17(3,4)20-16-8-7-14(9-15(12)16)19-21-13(2)11-18(5,6)22-19/h7-10,13,20H,11H2,1-6H3. The summed E-state index contributed by atoms with van der Waals surface area (Å²) in [7, 11) is -0.285. The quantitative estimate of drug-likeness (QED) is 0.804. The second-order valence-corrected chi connectivity index (χ2v) is 7.84. The second kappa shape index (κ2) is 5.14. The summed E-state index contributed by atoms with van der Waals surface area (Å²) in [4.78, 5) is 0. The van der Waals surface area contributed by atoms with E-state index >= 15 is 0 Å². The van der Waals surface area contributed by atoms with Gasteiger partial charge in [0.15, 0.2) is 0 Å². The summed E-state index contributed by atoms with van der Waals surface area (Å²) in [5.74, 6) is 0. The Morgan fingerprint density at radius 1 is 1.23 bits per heavy atom. The monoisotopic (exact) mass is 299 g/mol. The maximum absolute atomic E-state index is 6.14. The van der Waals surface area contributed by atoms with E-state index in [4.69, 9.17) is 9.31 Å². The van der Waals surface area contributed by atoms with Crippen LogP contribution < -0.4 is 10.8 Å². The molecule has 1 aromatic rings. The molecule has 3 nitrogen and oxygen atoms in total. The maximum Gasteiger partial charge on any atom is 0.494 e. The van der Waals surface area contributed by atoms with Crippen LogP contribution in [0.25, 0.3) is 5.57 Å². The molecule has 118 valence electrons. The van der Waals surface area contributed by atoms with Gasteiger partial charge in [-0.3, -0.25) is 0 Å². The van der Waals surface area contributed by atoms with Crippen LogP contribution in [0.1, 0.15) is 53.5 Å². The number of hydrogen-bond donors (Lipinski definition) is 1. The van der Waals surface area contributed by atoms with Crippen molar-refractivity contribution in [3.05, 3.63) is 29.8 Å². The van der Waals surface area contributed by atoms with Crippen molar-refractivity contribution < 1.29 is 9.31 Å². The lowest BCUT2D eigenvalue weighted by molar-refractivity contribution is -0.0229. The van der Waals surface area contributed by atoms with Crippen LogP contribution in [0.2, 0.25) is 0 Å². The highest BCUT2D eigenvalue weighted by molar-refractivity contribution is 6.61. The Hall–Kier alpha value is -1.26. The SMILES string of the molecule is CC1=CC(C)(C)Nc2ccc(B3OC(C)CC(C)(C)O3)cc21. The van der Waals surface area contributed by atoms with Gasteiger partial charge in [-0.1, -0.05) is 18.2 Å². The summed E-state index contributed by atoms with van der Waals surface area (Å²) >= 11 is 0. The molecule has 3 rings (SSSR count). The first-order valence-corrected chi connectivity index (χ1v) is 8.10. The highest BCUT2D eigenvalue weighted by Gasteiger charge is 2.38. The molecule has 0 saturated carbocycles. The first kappa shape index (κ1) is 15.6. The van der Waals surface area contributed by atoms with Crippen molar-refractivity contribution in [3.63, 3.8) is 0 Å². The Morgan fingerprint density at radius 2 is 1.95 bits per heavy atom. The van der Waals surface area contributed by atoms with E-state index in [1.165, 1.54) is 16.8 Å². The first-order chi connectivity index (χ1) is 10.2. The summed E-state index contributed by atoms with van der Waals surface area (Å²) in [6.45, 7) is 12.9. The lowest BCUT2D eigenvalue weighted by Crippen LogP contribution is -2.51. The third-order valence-electron chi connectivity index (χ3n) is 4.34. The zero-order valence-corrected chi connectivity index (χ0v) is 14.5. The molecule has 2 heterocycles. The number of benzene rings is 1. The van der Waals surface area contributed by atoms with Gasteiger partial charge < -0.3 is 14.6 Å². The molecule has 22 heavy (non-hydrogen) atoms. The first-order valence-electron chi connectivity index (χ1n) is 8.10. The van der Waals surface area contributed by atoms with Crippen LogP contribution in [0, 0.1) is 0 Å². The molecule has 1 atom stereocenters. The molecular weight excluding hydrogens is 273 g/mol. The number of anilines is 1. The average molecular weight is 299 g/mol. The van der Waals surface area contributed by atoms with Crippen LogP contribution in [-0.4, -0.2) is 24.4 Å². The molecule has 0 bridgehead atoms. The van der Waals surface area contributed by atoms with Crippen LogP contribution >= 0.6 is 0 Å². The van der Waals surface area contributed by atoms with Crippen LogP contribution in [0.15, 0.2) is 24.3 Å². The molecule has 0 radical (unpaired) electrons. The van der Waals surface area contributed by atoms with E-state index in [1.807, 2.05) is 0 Å². The second-order valence-electron chi connectivity index (χ2n) is 7.84. The van der Waals surface area contributed by atoms with E-state index in [-0.39, 0.29) is 24.4 Å². The van der Waals surface area contributed by atoms with Gasteiger partial charge in [0.05, 0.1) is 11.1 Å². The summed E-state index contributed by atoms with van der Waals surface area (Å²) in [6.07, 6.45) is 3.40. The number of allylic oxidation sites excluding steroid dienone is 1. The predicted molar refractivity (Wildman–Crippen MR) is 93.5 cm³/mol. The van der Waals surface area contributed by atoms with Gasteiger partial charge in [-0.15, -0.1) is 0 Å². The van der Waals surface area contributed by atoms with Gasteiger partial charge in [-0.25, -0.2) is 0 Å². The van der Waals surface area contributed by atoms with Crippen LogP contribution in [0.4, 0.5) is 5.69 Å². The van der Waals surface area contributed by atoms with Crippen LogP contribution in [0.5, 0.6) is 0 Å². The molecule has 0 aliphatic carbocycles. The largest absolute Gasteiger partial charge is 0.494 e. The molecule has 1 unspecified atom stereocenters. The van der Waals surface area contributed by atoms with Crippen molar-refractivity contribution in [2.45, 2.75) is 65.2 Å². The van der Waals surface area contributed by atoms with Crippen molar-refractivity contribution in [1.82, 2.24) is 0 Å². The van der Waals surface area contributed by atoms with Crippen molar-refractivity contribution in [2.24, 2.45) is 0 Å². The van der Waals surface area contributed by atoms with Gasteiger partial charge in [0.1, 0.15) is 0 Å². The predicted octanol–water partition coefficient (Wildman–Crippen LogP) is 3.59. The van der Waals surface area contributed by atoms with Gasteiger partial charge in [0.2, 0.25) is 0 Å². The van der Waals surface area contributed by atoms with Gasteiger partial charge in [0.25, 0.3) is 0 Å². The van der Waals surface area contributed by atoms with Crippen LogP contribution in [-0.2, 0) is 9.31 Å². The highest BCUT2D eigenvalue weighted by atomic mass is 16.6. The van der Waals surface area contributed by atoms with E-state index in [0.717, 1.165) is 11.9 Å². The van der Waals surface area contributed by atoms with Crippen molar-refractivity contribution in [2.75, 3.05) is 5.32 Å². The average Bonchev–Trinajstić information content (AvgIpc) is 2.34. The highest BCUT2D eigenvalue weighted by Crippen LogP contribution is 2.33. The van der Waals surface area contributed by atoms with Crippen molar-refractivity contribution in [1.29, 1.82) is 0 Å². The number of rotatable bonds is 1. The fraction of sp³-hybridized carbons (Fsp3) is 0.556. The van der Waals surface area contributed by atoms with Gasteiger partial charge in [-0.2, -0.15) is 0 Å². The fourth-order valence-corrected chi connectivity index (χ4v) is 3.61. The molecule has 0 spiro atoms. The van der Waals surface area contributed by atoms with E-state index in [1.54, 1.807) is 0 Å². The molecule has 2 aliphatic heterocycles. The summed E-state index contributed by atoms with van der Waals surface area (Å²) in [5.41, 5.74) is 4.64. The molecule has 1 saturated heterocycles. The molecule has 1 fully saturated rings. The van der Waals surface area contributed by atoms with E-state index in [9.17, 15) is 0 Å². The topological polar surface area (TPSA) is 30.5 Å². The minimum atomic E-state index is -0.285. The Balaban J connectivity index is 1.93. The molecule has 1 aromatic carbocycles. The van der Waals surface area contributed by atoms with Crippen molar-refractivity contribution >= 4 is 23.8 Å². The fourth-order valence-electron chi connectivity index (χ4n) is 3.61. The molecular formula is C18H26BNO2. The van der Waals surface area contributed by atoms with Gasteiger partial charge in [-0.05, 0) is 70.6 Å². The zero-order chi connectivity index (χ0) is 16.1. The van der Waals surface area contributed by atoms with Crippen LogP contribution in [0.3, 0.4) is 0 Å². The molecule has 2 aliphatic rings. The Bertz CT molecular complexity index is 622. The van der Waals surface area contributed by atoms with Crippen molar-refractivity contribution in [3.8, 4) is 0 Å². The third-order valence-corrected chi connectivity index (χ3v) is 4.34. The number of fused-ring (bicyclic) bond motifs is 1. The van der Waals surface area contributed by atoms with Gasteiger partial charge in [0, 0.05) is 11.8 Å². The smallest absolute Gasteiger partial charge is 0.405 e. The maximum atomic E-state index is 6.14. The minimum Gasteiger partial charge on any atom is -0.405 e. The van der Waals surface area contributed by atoms with Gasteiger partial charge >= 0.3 is 7.12 Å². The normalized spacial score (nSPS) is 26.0. The third kappa shape index (κ3) is 3.08. The minimum absolute atomic E-state index is 0.00700. The zero-order valence-electron chi connectivity index (χ0n) is 14.5. The summed E-state index contributed by atoms with van der Waals surface area (Å²) in [5, 5.41) is 3.56. The summed E-state index contributed by atoms with van der Waals surface area (Å²) < 4.78 is 12.1. The van der Waals surface area contributed by atoms with E-state index in [2.05, 4.69) is 71.1 Å². The number of hydrogen-bond acceptors (Lipinski definition) is 3. The van der Waals surface area contributed by atoms with E-state index < -0.39 is 0 Å². The summed E-state index contributed by atoms with van der Waals surface area (Å²) in [6, 6.07) is 6.45. The Labute approximate surface area is 134 Å². The lowest BCUT2D eigenvalue weighted by Gasteiger charge is -2.38. The molecule has 1 N–H and O–H groups in total. The Kier molecular flexibility index (Phi) is 3.65. The Morgan fingerprint density at radius 3 is 2.64 bits per heavy atom. The molecule has 0 amide bonds. The number of nitrogens with one attached hydrogen (secondary N) is 1. The van der Waals surface area contributed by atoms with E-state index in [0.29, 0.717) is 0 Å².